The highest BCUT2D eigenvalue weighted by molar-refractivity contribution is 7.18. The van der Waals surface area contributed by atoms with Gasteiger partial charge < -0.3 is 0 Å². The van der Waals surface area contributed by atoms with Crippen molar-refractivity contribution < 1.29 is 0 Å². The van der Waals surface area contributed by atoms with Crippen LogP contribution in [0.3, 0.4) is 0 Å². The van der Waals surface area contributed by atoms with Crippen LogP contribution in [0.4, 0.5) is 0 Å². The van der Waals surface area contributed by atoms with Crippen LogP contribution in [0.15, 0.2) is 56.8 Å². The number of benzene rings is 1. The first kappa shape index (κ1) is 23.6. The zero-order chi connectivity index (χ0) is 25.8. The van der Waals surface area contributed by atoms with Crippen LogP contribution in [0.2, 0.25) is 0 Å². The molecule has 188 valence electrons. The van der Waals surface area contributed by atoms with Crippen LogP contribution in [-0.2, 0) is 19.4 Å². The SMILES string of the molecule is Cc1ccc(-n2c(=O)c3c4c(sc3n(Cc3cc(=O)n5c(C)cccc5n3)c2=O)CCCCC4)cc1C. The van der Waals surface area contributed by atoms with Crippen molar-refractivity contribution in [1.82, 2.24) is 18.5 Å². The topological polar surface area (TPSA) is 78.4 Å². The molecule has 0 N–H and O–H groups in total. The molecule has 0 bridgehead atoms. The van der Waals surface area contributed by atoms with Crippen molar-refractivity contribution >= 4 is 27.2 Å². The lowest BCUT2D eigenvalue weighted by Crippen LogP contribution is -2.39. The van der Waals surface area contributed by atoms with Gasteiger partial charge in [0.25, 0.3) is 11.1 Å². The molecule has 37 heavy (non-hydrogen) atoms. The van der Waals surface area contributed by atoms with Crippen molar-refractivity contribution in [2.45, 2.75) is 59.4 Å². The van der Waals surface area contributed by atoms with E-state index in [0.717, 1.165) is 54.5 Å². The Morgan fingerprint density at radius 3 is 2.54 bits per heavy atom. The second-order valence-corrected chi connectivity index (χ2v) is 11.1. The highest BCUT2D eigenvalue weighted by Gasteiger charge is 2.24. The third-order valence-electron chi connectivity index (χ3n) is 7.49. The van der Waals surface area contributed by atoms with Crippen molar-refractivity contribution in [3.8, 4) is 5.69 Å². The lowest BCUT2D eigenvalue weighted by molar-refractivity contribution is 0.700. The first-order valence-corrected chi connectivity index (χ1v) is 13.5. The first-order valence-electron chi connectivity index (χ1n) is 12.7. The smallest absolute Gasteiger partial charge is 0.278 e. The van der Waals surface area contributed by atoms with Crippen molar-refractivity contribution in [3.05, 3.63) is 107 Å². The predicted molar refractivity (Wildman–Crippen MR) is 148 cm³/mol. The molecular weight excluding hydrogens is 484 g/mol. The number of rotatable bonds is 3. The summed E-state index contributed by atoms with van der Waals surface area (Å²) in [4.78, 5) is 47.5. The van der Waals surface area contributed by atoms with Gasteiger partial charge in [0.15, 0.2) is 0 Å². The Morgan fingerprint density at radius 2 is 1.73 bits per heavy atom. The summed E-state index contributed by atoms with van der Waals surface area (Å²) in [7, 11) is 0. The molecule has 0 amide bonds. The summed E-state index contributed by atoms with van der Waals surface area (Å²) in [5.41, 5.74) is 4.71. The van der Waals surface area contributed by atoms with Gasteiger partial charge in [0.1, 0.15) is 10.5 Å². The lowest BCUT2D eigenvalue weighted by Gasteiger charge is -2.14. The minimum atomic E-state index is -0.414. The number of thiophene rings is 1. The molecule has 1 aliphatic carbocycles. The van der Waals surface area contributed by atoms with E-state index in [1.807, 2.05) is 51.1 Å². The molecule has 1 aliphatic rings. The highest BCUT2D eigenvalue weighted by Crippen LogP contribution is 2.34. The van der Waals surface area contributed by atoms with Gasteiger partial charge in [0, 0.05) is 16.6 Å². The Kier molecular flexibility index (Phi) is 5.71. The molecule has 8 heteroatoms. The van der Waals surface area contributed by atoms with E-state index in [2.05, 4.69) is 0 Å². The summed E-state index contributed by atoms with van der Waals surface area (Å²) in [6, 6.07) is 12.7. The Morgan fingerprint density at radius 1 is 0.919 bits per heavy atom. The highest BCUT2D eigenvalue weighted by atomic mass is 32.1. The summed E-state index contributed by atoms with van der Waals surface area (Å²) in [5.74, 6) is 0. The summed E-state index contributed by atoms with van der Waals surface area (Å²) in [6.07, 6.45) is 5.00. The van der Waals surface area contributed by atoms with Crippen molar-refractivity contribution in [2.24, 2.45) is 0 Å². The van der Waals surface area contributed by atoms with Crippen molar-refractivity contribution in [2.75, 3.05) is 0 Å². The Hall–Kier alpha value is -3.78. The van der Waals surface area contributed by atoms with Gasteiger partial charge in [-0.2, -0.15) is 0 Å². The van der Waals surface area contributed by atoms with Crippen LogP contribution >= 0.6 is 11.3 Å². The van der Waals surface area contributed by atoms with Crippen LogP contribution < -0.4 is 16.8 Å². The molecule has 0 fully saturated rings. The van der Waals surface area contributed by atoms with E-state index in [-0.39, 0.29) is 17.7 Å². The van der Waals surface area contributed by atoms with Gasteiger partial charge in [0.05, 0.1) is 23.3 Å². The van der Waals surface area contributed by atoms with E-state index >= 15 is 0 Å². The normalized spacial score (nSPS) is 13.7. The molecule has 0 spiro atoms. The molecule has 6 rings (SSSR count). The van der Waals surface area contributed by atoms with E-state index < -0.39 is 5.69 Å². The maximum absolute atomic E-state index is 14.0. The van der Waals surface area contributed by atoms with Crippen LogP contribution in [0.5, 0.6) is 0 Å². The van der Waals surface area contributed by atoms with Gasteiger partial charge in [-0.3, -0.25) is 18.6 Å². The van der Waals surface area contributed by atoms with Gasteiger partial charge >= 0.3 is 5.69 Å². The summed E-state index contributed by atoms with van der Waals surface area (Å²) < 4.78 is 4.50. The van der Waals surface area contributed by atoms with Gasteiger partial charge in [-0.1, -0.05) is 18.6 Å². The molecule has 7 nitrogen and oxygen atoms in total. The molecule has 4 aromatic heterocycles. The first-order chi connectivity index (χ1) is 17.8. The molecule has 0 saturated heterocycles. The van der Waals surface area contributed by atoms with E-state index in [1.165, 1.54) is 15.5 Å². The Bertz CT molecular complexity index is 1890. The lowest BCUT2D eigenvalue weighted by atomic mass is 10.1. The third-order valence-corrected chi connectivity index (χ3v) is 8.80. The fraction of sp³-hybridized carbons (Fsp3) is 0.310. The van der Waals surface area contributed by atoms with Gasteiger partial charge in [-0.15, -0.1) is 11.3 Å². The molecule has 0 aliphatic heterocycles. The molecule has 1 aromatic carbocycles. The standard InChI is InChI=1S/C29H28N4O3S/c1-17-12-13-21(14-18(17)2)33-27(35)26-22-9-5-4-6-10-23(22)37-28(26)31(29(33)36)16-20-15-25(34)32-19(3)8-7-11-24(32)30-20/h7-8,11-15H,4-6,9-10,16H2,1-3H3. The number of hydrogen-bond acceptors (Lipinski definition) is 5. The number of pyridine rings is 1. The van der Waals surface area contributed by atoms with Crippen LogP contribution in [0.1, 0.15) is 52.2 Å². The monoisotopic (exact) mass is 512 g/mol. The second kappa shape index (κ2) is 8.95. The molecule has 0 atom stereocenters. The molecule has 5 aromatic rings. The summed E-state index contributed by atoms with van der Waals surface area (Å²) in [6.45, 7) is 5.96. The number of hydrogen-bond donors (Lipinski definition) is 0. The fourth-order valence-corrected chi connectivity index (χ4v) is 6.76. The quantitative estimate of drug-likeness (QED) is 0.334. The van der Waals surface area contributed by atoms with E-state index in [1.54, 1.807) is 26.4 Å². The molecule has 4 heterocycles. The van der Waals surface area contributed by atoms with Gasteiger partial charge in [0.2, 0.25) is 0 Å². The van der Waals surface area contributed by atoms with Crippen LogP contribution in [-0.4, -0.2) is 18.5 Å². The molecule has 0 radical (unpaired) electrons. The number of aromatic nitrogens is 4. The molecule has 0 unspecified atom stereocenters. The third kappa shape index (κ3) is 3.87. The van der Waals surface area contributed by atoms with E-state index in [0.29, 0.717) is 27.2 Å². The average molecular weight is 513 g/mol. The summed E-state index contributed by atoms with van der Waals surface area (Å²) in [5, 5.41) is 0.632. The minimum Gasteiger partial charge on any atom is -0.278 e. The number of aryl methyl sites for hydroxylation is 5. The maximum Gasteiger partial charge on any atom is 0.337 e. The largest absolute Gasteiger partial charge is 0.337 e. The van der Waals surface area contributed by atoms with Gasteiger partial charge in [-0.25, -0.2) is 14.3 Å². The fourth-order valence-electron chi connectivity index (χ4n) is 5.38. The maximum atomic E-state index is 14.0. The van der Waals surface area contributed by atoms with E-state index in [9.17, 15) is 14.4 Å². The zero-order valence-corrected chi connectivity index (χ0v) is 22.0. The molecule has 0 saturated carbocycles. The zero-order valence-electron chi connectivity index (χ0n) is 21.2. The van der Waals surface area contributed by atoms with Crippen LogP contribution in [0.25, 0.3) is 21.6 Å². The second-order valence-electron chi connectivity index (χ2n) is 9.97. The van der Waals surface area contributed by atoms with Crippen LogP contribution in [0, 0.1) is 20.8 Å². The number of fused-ring (bicyclic) bond motifs is 4. The Labute approximate surface area is 217 Å². The number of nitrogens with zero attached hydrogens (tertiary/aromatic N) is 4. The molecular formula is C29H28N4O3S. The summed E-state index contributed by atoms with van der Waals surface area (Å²) >= 11 is 1.55. The van der Waals surface area contributed by atoms with Crippen molar-refractivity contribution in [1.29, 1.82) is 0 Å². The Balaban J connectivity index is 1.64. The van der Waals surface area contributed by atoms with Crippen molar-refractivity contribution in [3.63, 3.8) is 0 Å². The average Bonchev–Trinajstić information content (AvgIpc) is 3.06. The minimum absolute atomic E-state index is 0.111. The predicted octanol–water partition coefficient (Wildman–Crippen LogP) is 4.46. The van der Waals surface area contributed by atoms with E-state index in [4.69, 9.17) is 4.98 Å². The van der Waals surface area contributed by atoms with Gasteiger partial charge in [-0.05, 0) is 87.4 Å².